The highest BCUT2D eigenvalue weighted by Gasteiger charge is 2.15. The molecule has 128 valence electrons. The summed E-state index contributed by atoms with van der Waals surface area (Å²) in [7, 11) is 3.81. The molecule has 0 aliphatic rings. The zero-order valence-corrected chi connectivity index (χ0v) is 14.8. The molecule has 4 nitrogen and oxygen atoms in total. The smallest absolute Gasteiger partial charge is 0.220 e. The lowest BCUT2D eigenvalue weighted by atomic mass is 10.1. The van der Waals surface area contributed by atoms with E-state index in [-0.39, 0.29) is 48.6 Å². The van der Waals surface area contributed by atoms with Gasteiger partial charge in [-0.05, 0) is 45.1 Å². The van der Waals surface area contributed by atoms with Gasteiger partial charge >= 0.3 is 0 Å². The topological polar surface area (TPSA) is 58.4 Å². The Morgan fingerprint density at radius 1 is 1.36 bits per heavy atom. The number of halogens is 3. The lowest BCUT2D eigenvalue weighted by Crippen LogP contribution is -2.35. The highest BCUT2D eigenvalue weighted by atomic mass is 35.5. The first-order chi connectivity index (χ1) is 9.40. The fourth-order valence-corrected chi connectivity index (χ4v) is 1.97. The van der Waals surface area contributed by atoms with Crippen molar-refractivity contribution in [2.45, 2.75) is 31.8 Å². The van der Waals surface area contributed by atoms with E-state index in [1.807, 2.05) is 32.0 Å². The molecular formula is C15H26Cl2FN3O. The Balaban J connectivity index is 0. The van der Waals surface area contributed by atoms with Gasteiger partial charge in [-0.15, -0.1) is 24.8 Å². The molecular weight excluding hydrogens is 328 g/mol. The first-order valence-electron chi connectivity index (χ1n) is 6.84. The van der Waals surface area contributed by atoms with Crippen LogP contribution in [-0.2, 0) is 4.79 Å². The monoisotopic (exact) mass is 353 g/mol. The number of rotatable bonds is 7. The molecule has 22 heavy (non-hydrogen) atoms. The SMILES string of the molecule is CC(N)CCC(=O)NCC(c1cccc(F)c1)N(C)C.Cl.Cl. The Kier molecular flexibility index (Phi) is 12.4. The molecule has 1 aromatic carbocycles. The van der Waals surface area contributed by atoms with E-state index in [4.69, 9.17) is 5.73 Å². The van der Waals surface area contributed by atoms with Crippen molar-refractivity contribution >= 4 is 30.7 Å². The second-order valence-corrected chi connectivity index (χ2v) is 5.35. The van der Waals surface area contributed by atoms with E-state index in [1.54, 1.807) is 6.07 Å². The normalized spacial score (nSPS) is 12.8. The number of benzene rings is 1. The average molecular weight is 354 g/mol. The number of carbonyl (C=O) groups excluding carboxylic acids is 1. The second-order valence-electron chi connectivity index (χ2n) is 5.35. The lowest BCUT2D eigenvalue weighted by Gasteiger charge is -2.25. The molecule has 0 aromatic heterocycles. The lowest BCUT2D eigenvalue weighted by molar-refractivity contribution is -0.121. The van der Waals surface area contributed by atoms with Crippen LogP contribution in [0.25, 0.3) is 0 Å². The van der Waals surface area contributed by atoms with Crippen molar-refractivity contribution in [2.75, 3.05) is 20.6 Å². The van der Waals surface area contributed by atoms with Crippen LogP contribution in [0.2, 0.25) is 0 Å². The number of carbonyl (C=O) groups is 1. The van der Waals surface area contributed by atoms with E-state index in [1.165, 1.54) is 12.1 Å². The van der Waals surface area contributed by atoms with Crippen molar-refractivity contribution in [3.8, 4) is 0 Å². The highest BCUT2D eigenvalue weighted by molar-refractivity contribution is 5.85. The predicted octanol–water partition coefficient (Wildman–Crippen LogP) is 2.52. The van der Waals surface area contributed by atoms with Gasteiger partial charge in [0.15, 0.2) is 0 Å². The van der Waals surface area contributed by atoms with E-state index >= 15 is 0 Å². The van der Waals surface area contributed by atoms with Crippen LogP contribution in [0.5, 0.6) is 0 Å². The van der Waals surface area contributed by atoms with Crippen LogP contribution < -0.4 is 11.1 Å². The molecule has 3 N–H and O–H groups in total. The molecule has 0 aliphatic heterocycles. The molecule has 0 radical (unpaired) electrons. The summed E-state index contributed by atoms with van der Waals surface area (Å²) >= 11 is 0. The highest BCUT2D eigenvalue weighted by Crippen LogP contribution is 2.18. The fraction of sp³-hybridized carbons (Fsp3) is 0.533. The van der Waals surface area contributed by atoms with Gasteiger partial charge in [0.2, 0.25) is 5.91 Å². The van der Waals surface area contributed by atoms with E-state index in [0.29, 0.717) is 19.4 Å². The summed E-state index contributed by atoms with van der Waals surface area (Å²) in [5.41, 5.74) is 6.47. The Labute approximate surface area is 144 Å². The minimum absolute atomic E-state index is 0. The minimum atomic E-state index is -0.266. The summed E-state index contributed by atoms with van der Waals surface area (Å²) in [4.78, 5) is 13.7. The van der Waals surface area contributed by atoms with Gasteiger partial charge in [0.25, 0.3) is 0 Å². The number of nitrogens with two attached hydrogens (primary N) is 1. The van der Waals surface area contributed by atoms with E-state index in [0.717, 1.165) is 5.56 Å². The van der Waals surface area contributed by atoms with Crippen LogP contribution in [0.1, 0.15) is 31.4 Å². The Bertz CT molecular complexity index is 445. The molecule has 0 heterocycles. The molecule has 1 amide bonds. The van der Waals surface area contributed by atoms with Crippen LogP contribution in [0.3, 0.4) is 0 Å². The predicted molar refractivity (Wildman–Crippen MR) is 93.2 cm³/mol. The van der Waals surface area contributed by atoms with E-state index in [2.05, 4.69) is 5.32 Å². The maximum Gasteiger partial charge on any atom is 0.220 e. The maximum absolute atomic E-state index is 13.3. The Hall–Kier alpha value is -0.880. The van der Waals surface area contributed by atoms with Crippen LogP contribution in [0, 0.1) is 5.82 Å². The second kappa shape index (κ2) is 11.7. The summed E-state index contributed by atoms with van der Waals surface area (Å²) in [5.74, 6) is -0.289. The third-order valence-electron chi connectivity index (χ3n) is 3.18. The molecule has 1 aromatic rings. The van der Waals surface area contributed by atoms with Crippen molar-refractivity contribution in [2.24, 2.45) is 5.73 Å². The van der Waals surface area contributed by atoms with Crippen LogP contribution in [-0.4, -0.2) is 37.5 Å². The van der Waals surface area contributed by atoms with Crippen LogP contribution in [0.15, 0.2) is 24.3 Å². The molecule has 0 bridgehead atoms. The number of likely N-dealkylation sites (N-methyl/N-ethyl adjacent to an activating group) is 1. The van der Waals surface area contributed by atoms with Crippen molar-refractivity contribution in [1.82, 2.24) is 10.2 Å². The quantitative estimate of drug-likeness (QED) is 0.791. The number of amides is 1. The van der Waals surface area contributed by atoms with Crippen molar-refractivity contribution in [1.29, 1.82) is 0 Å². The van der Waals surface area contributed by atoms with Gasteiger partial charge < -0.3 is 16.0 Å². The molecule has 0 aliphatic carbocycles. The fourth-order valence-electron chi connectivity index (χ4n) is 1.97. The summed E-state index contributed by atoms with van der Waals surface area (Å²) in [6.45, 7) is 2.33. The molecule has 0 saturated carbocycles. The number of nitrogens with one attached hydrogen (secondary N) is 1. The zero-order chi connectivity index (χ0) is 15.1. The number of hydrogen-bond donors (Lipinski definition) is 2. The standard InChI is InChI=1S/C15H24FN3O.2ClH/c1-11(17)7-8-15(20)18-10-14(19(2)3)12-5-4-6-13(16)9-12;;/h4-6,9,11,14H,7-8,10,17H2,1-3H3,(H,18,20);2*1H. The summed E-state index contributed by atoms with van der Waals surface area (Å²) < 4.78 is 13.3. The Morgan fingerprint density at radius 2 is 2.00 bits per heavy atom. The number of hydrogen-bond acceptors (Lipinski definition) is 3. The molecule has 2 unspecified atom stereocenters. The van der Waals surface area contributed by atoms with Crippen LogP contribution >= 0.6 is 24.8 Å². The average Bonchev–Trinajstić information content (AvgIpc) is 2.36. The van der Waals surface area contributed by atoms with E-state index < -0.39 is 0 Å². The largest absolute Gasteiger partial charge is 0.354 e. The summed E-state index contributed by atoms with van der Waals surface area (Å²) in [5, 5.41) is 2.88. The van der Waals surface area contributed by atoms with Gasteiger partial charge in [0, 0.05) is 19.0 Å². The molecule has 0 saturated heterocycles. The molecule has 7 heteroatoms. The Morgan fingerprint density at radius 3 is 2.50 bits per heavy atom. The van der Waals surface area contributed by atoms with Crippen LogP contribution in [0.4, 0.5) is 4.39 Å². The third kappa shape index (κ3) is 8.54. The van der Waals surface area contributed by atoms with Gasteiger partial charge in [-0.25, -0.2) is 4.39 Å². The van der Waals surface area contributed by atoms with Gasteiger partial charge in [0.05, 0.1) is 6.04 Å². The first-order valence-corrected chi connectivity index (χ1v) is 6.84. The van der Waals surface area contributed by atoms with Crippen molar-refractivity contribution < 1.29 is 9.18 Å². The molecule has 0 spiro atoms. The summed E-state index contributed by atoms with van der Waals surface area (Å²) in [6, 6.07) is 6.43. The van der Waals surface area contributed by atoms with Crippen molar-refractivity contribution in [3.05, 3.63) is 35.6 Å². The first kappa shape index (κ1) is 23.4. The van der Waals surface area contributed by atoms with Crippen molar-refractivity contribution in [3.63, 3.8) is 0 Å². The van der Waals surface area contributed by atoms with Gasteiger partial charge in [-0.2, -0.15) is 0 Å². The molecule has 2 atom stereocenters. The third-order valence-corrected chi connectivity index (χ3v) is 3.18. The summed E-state index contributed by atoms with van der Waals surface area (Å²) in [6.07, 6.45) is 1.08. The van der Waals surface area contributed by atoms with E-state index in [9.17, 15) is 9.18 Å². The maximum atomic E-state index is 13.3. The van der Waals surface area contributed by atoms with Gasteiger partial charge in [-0.1, -0.05) is 12.1 Å². The molecule has 0 fully saturated rings. The number of nitrogens with zero attached hydrogens (tertiary/aromatic N) is 1. The van der Waals surface area contributed by atoms with Gasteiger partial charge in [-0.3, -0.25) is 4.79 Å². The zero-order valence-electron chi connectivity index (χ0n) is 13.2. The van der Waals surface area contributed by atoms with Gasteiger partial charge in [0.1, 0.15) is 5.82 Å². The molecule has 1 rings (SSSR count). The minimum Gasteiger partial charge on any atom is -0.354 e.